The average molecular weight is 424 g/mol. The molecule has 0 aromatic rings. The number of rotatable bonds is 8. The number of piperidine rings is 1. The lowest BCUT2D eigenvalue weighted by Crippen LogP contribution is -2.50. The summed E-state index contributed by atoms with van der Waals surface area (Å²) in [4.78, 5) is 31.0. The van der Waals surface area contributed by atoms with Crippen LogP contribution in [0, 0.1) is 5.92 Å². The number of aliphatic hydroxyl groups excluding tert-OH is 2. The highest BCUT2D eigenvalue weighted by Crippen LogP contribution is 2.30. The minimum Gasteiger partial charge on any atom is -0.394 e. The number of hydrogen-bond acceptors (Lipinski definition) is 9. The van der Waals surface area contributed by atoms with Gasteiger partial charge in [0.1, 0.15) is 6.04 Å². The van der Waals surface area contributed by atoms with Crippen molar-refractivity contribution in [1.82, 2.24) is 20.8 Å². The summed E-state index contributed by atoms with van der Waals surface area (Å²) < 4.78 is 34.8. The van der Waals surface area contributed by atoms with E-state index in [1.165, 1.54) is 4.90 Å². The Labute approximate surface area is 161 Å². The largest absolute Gasteiger partial charge is 0.418 e. The standard InChI is InChI=1S/C14H24N4O9S/c19-6-12(20)8-3-9(15-4-8)7-26-16-13(21)11-2-1-10-5-17(11)14(22)18(10)27-28(23,24)25/h8-12,15,19-20H,1-7H2,(H,16,21)(H,23,24,25)/t8-,9-,10?,11?,12+/m0/s1. The van der Waals surface area contributed by atoms with Crippen LogP contribution in [0.5, 0.6) is 0 Å². The van der Waals surface area contributed by atoms with Gasteiger partial charge in [-0.15, -0.1) is 4.28 Å². The fourth-order valence-corrected chi connectivity index (χ4v) is 4.19. The molecule has 2 bridgehead atoms. The third kappa shape index (κ3) is 4.71. The number of nitrogens with one attached hydrogen (secondary N) is 2. The van der Waals surface area contributed by atoms with E-state index >= 15 is 0 Å². The second-order valence-corrected chi connectivity index (χ2v) is 8.14. The molecule has 3 heterocycles. The molecule has 0 spiro atoms. The summed E-state index contributed by atoms with van der Waals surface area (Å²) in [5.74, 6) is -0.647. The van der Waals surface area contributed by atoms with Gasteiger partial charge in [0.15, 0.2) is 0 Å². The van der Waals surface area contributed by atoms with E-state index in [-0.39, 0.29) is 38.1 Å². The highest BCUT2D eigenvalue weighted by Gasteiger charge is 2.49. The predicted molar refractivity (Wildman–Crippen MR) is 90.5 cm³/mol. The maximum atomic E-state index is 12.4. The first kappa shape index (κ1) is 21.2. The molecule has 5 N–H and O–H groups in total. The fraction of sp³-hybridized carbons (Fsp3) is 0.857. The van der Waals surface area contributed by atoms with Gasteiger partial charge in [0.2, 0.25) is 0 Å². The van der Waals surface area contributed by atoms with Crippen LogP contribution >= 0.6 is 0 Å². The lowest BCUT2D eigenvalue weighted by Gasteiger charge is -2.29. The highest BCUT2D eigenvalue weighted by atomic mass is 32.3. The van der Waals surface area contributed by atoms with Crippen molar-refractivity contribution >= 4 is 22.3 Å². The summed E-state index contributed by atoms with van der Waals surface area (Å²) in [6.45, 7) is 0.445. The van der Waals surface area contributed by atoms with Crippen LogP contribution in [-0.2, 0) is 24.3 Å². The first-order chi connectivity index (χ1) is 13.2. The van der Waals surface area contributed by atoms with E-state index in [1.54, 1.807) is 0 Å². The number of urea groups is 1. The maximum Gasteiger partial charge on any atom is 0.418 e. The summed E-state index contributed by atoms with van der Waals surface area (Å²) >= 11 is 0. The number of hydroxylamine groups is 3. The average Bonchev–Trinajstić information content (AvgIpc) is 3.20. The Kier molecular flexibility index (Phi) is 6.38. The third-order valence-electron chi connectivity index (χ3n) is 5.24. The smallest absolute Gasteiger partial charge is 0.394 e. The molecule has 0 aromatic heterocycles. The first-order valence-corrected chi connectivity index (χ1v) is 10.3. The first-order valence-electron chi connectivity index (χ1n) is 8.90. The van der Waals surface area contributed by atoms with Crippen LogP contribution < -0.4 is 10.8 Å². The Morgan fingerprint density at radius 2 is 2.14 bits per heavy atom. The summed E-state index contributed by atoms with van der Waals surface area (Å²) in [5.41, 5.74) is 2.29. The van der Waals surface area contributed by atoms with E-state index < -0.39 is 40.5 Å². The molecule has 13 nitrogen and oxygen atoms in total. The van der Waals surface area contributed by atoms with Gasteiger partial charge in [0.05, 0.1) is 25.4 Å². The van der Waals surface area contributed by atoms with Gasteiger partial charge < -0.3 is 20.4 Å². The summed E-state index contributed by atoms with van der Waals surface area (Å²) in [5, 5.41) is 22.3. The van der Waals surface area contributed by atoms with Gasteiger partial charge in [-0.25, -0.2) is 10.3 Å². The maximum absolute atomic E-state index is 12.4. The van der Waals surface area contributed by atoms with Crippen LogP contribution in [0.25, 0.3) is 0 Å². The third-order valence-corrected chi connectivity index (χ3v) is 5.59. The van der Waals surface area contributed by atoms with Gasteiger partial charge >= 0.3 is 16.4 Å². The minimum atomic E-state index is -4.84. The number of carbonyl (C=O) groups excluding carboxylic acids is 2. The zero-order valence-corrected chi connectivity index (χ0v) is 15.7. The number of hydrogen-bond donors (Lipinski definition) is 5. The van der Waals surface area contributed by atoms with E-state index in [0.717, 1.165) is 0 Å². The SMILES string of the molecule is O=C(NOC[C@@H]1C[C@H]([C@H](O)CO)CN1)C1CCC2CN1C(=O)N2OS(=O)(=O)O. The number of amides is 3. The second kappa shape index (κ2) is 8.44. The van der Waals surface area contributed by atoms with E-state index in [0.29, 0.717) is 24.4 Å². The lowest BCUT2D eigenvalue weighted by atomic mass is 10.00. The highest BCUT2D eigenvalue weighted by molar-refractivity contribution is 7.80. The molecule has 2 unspecified atom stereocenters. The van der Waals surface area contributed by atoms with E-state index in [1.807, 2.05) is 0 Å². The van der Waals surface area contributed by atoms with Gasteiger partial charge in [-0.3, -0.25) is 14.2 Å². The van der Waals surface area contributed by atoms with Crippen LogP contribution in [-0.4, -0.2) is 95.6 Å². The second-order valence-electron chi connectivity index (χ2n) is 7.14. The molecular weight excluding hydrogens is 400 g/mol. The number of aliphatic hydroxyl groups is 2. The van der Waals surface area contributed by atoms with Crippen molar-refractivity contribution in [2.45, 2.75) is 43.5 Å². The van der Waals surface area contributed by atoms with Crippen LogP contribution in [0.15, 0.2) is 0 Å². The van der Waals surface area contributed by atoms with Gasteiger partial charge in [0.25, 0.3) is 5.91 Å². The van der Waals surface area contributed by atoms with Gasteiger partial charge in [-0.2, -0.15) is 13.5 Å². The Morgan fingerprint density at radius 3 is 2.82 bits per heavy atom. The molecule has 14 heteroatoms. The molecule has 28 heavy (non-hydrogen) atoms. The van der Waals surface area contributed by atoms with Crippen molar-refractivity contribution < 1.29 is 41.9 Å². The fourth-order valence-electron chi connectivity index (χ4n) is 3.80. The Balaban J connectivity index is 1.46. The summed E-state index contributed by atoms with van der Waals surface area (Å²) in [7, 11) is -4.84. The molecule has 3 amide bonds. The Morgan fingerprint density at radius 1 is 1.39 bits per heavy atom. The van der Waals surface area contributed by atoms with Crippen molar-refractivity contribution in [3.05, 3.63) is 0 Å². The summed E-state index contributed by atoms with van der Waals surface area (Å²) in [6.07, 6.45) is 0.371. The van der Waals surface area contributed by atoms with Crippen LogP contribution in [0.4, 0.5) is 4.79 Å². The van der Waals surface area contributed by atoms with Crippen molar-refractivity contribution in [3.63, 3.8) is 0 Å². The Hall–Kier alpha value is -1.55. The molecular formula is C14H24N4O9S. The molecule has 0 saturated carbocycles. The van der Waals surface area contributed by atoms with Gasteiger partial charge in [-0.1, -0.05) is 0 Å². The zero-order valence-electron chi connectivity index (χ0n) is 14.9. The molecule has 160 valence electrons. The van der Waals surface area contributed by atoms with E-state index in [2.05, 4.69) is 15.1 Å². The summed E-state index contributed by atoms with van der Waals surface area (Å²) in [6, 6.07) is -2.34. The lowest BCUT2D eigenvalue weighted by molar-refractivity contribution is -0.139. The van der Waals surface area contributed by atoms with Crippen molar-refractivity contribution in [3.8, 4) is 0 Å². The molecule has 0 aromatic carbocycles. The van der Waals surface area contributed by atoms with Gasteiger partial charge in [-0.05, 0) is 19.3 Å². The van der Waals surface area contributed by atoms with Crippen molar-refractivity contribution in [2.75, 3.05) is 26.3 Å². The monoisotopic (exact) mass is 424 g/mol. The van der Waals surface area contributed by atoms with E-state index in [4.69, 9.17) is 14.5 Å². The normalized spacial score (nSPS) is 31.3. The minimum absolute atomic E-state index is 0.0946. The molecule has 3 saturated heterocycles. The molecule has 0 radical (unpaired) electrons. The molecule has 3 rings (SSSR count). The van der Waals surface area contributed by atoms with Crippen molar-refractivity contribution in [2.24, 2.45) is 5.92 Å². The predicted octanol–water partition coefficient (Wildman–Crippen LogP) is -2.63. The molecule has 3 aliphatic heterocycles. The molecule has 3 fully saturated rings. The van der Waals surface area contributed by atoms with Crippen LogP contribution in [0.1, 0.15) is 19.3 Å². The number of nitrogens with zero attached hydrogens (tertiary/aromatic N) is 2. The molecule has 0 aliphatic carbocycles. The topological polar surface area (TPSA) is 178 Å². The van der Waals surface area contributed by atoms with Gasteiger partial charge in [0, 0.05) is 25.0 Å². The van der Waals surface area contributed by atoms with Crippen LogP contribution in [0.2, 0.25) is 0 Å². The molecule has 3 aliphatic rings. The number of fused-ring (bicyclic) bond motifs is 2. The molecule has 5 atom stereocenters. The van der Waals surface area contributed by atoms with E-state index in [9.17, 15) is 23.1 Å². The number of carbonyl (C=O) groups is 2. The Bertz CT molecular complexity index is 705. The zero-order chi connectivity index (χ0) is 20.5. The quantitative estimate of drug-likeness (QED) is 0.204. The van der Waals surface area contributed by atoms with Crippen LogP contribution in [0.3, 0.4) is 0 Å². The van der Waals surface area contributed by atoms with Crippen molar-refractivity contribution in [1.29, 1.82) is 0 Å².